The topological polar surface area (TPSA) is 38.8 Å². The van der Waals surface area contributed by atoms with E-state index in [9.17, 15) is 4.79 Å². The highest BCUT2D eigenvalue weighted by atomic mass is 16.5. The van der Waals surface area contributed by atoms with Crippen molar-refractivity contribution >= 4 is 5.78 Å². The molecule has 2 rings (SSSR count). The summed E-state index contributed by atoms with van der Waals surface area (Å²) in [5.74, 6) is 1.38. The van der Waals surface area contributed by atoms with Gasteiger partial charge in [-0.1, -0.05) is 6.92 Å². The average Bonchev–Trinajstić information content (AvgIpc) is 2.46. The van der Waals surface area contributed by atoms with Crippen LogP contribution in [0.15, 0.2) is 24.3 Å². The summed E-state index contributed by atoms with van der Waals surface area (Å²) < 4.78 is 11.1. The first-order chi connectivity index (χ1) is 9.65. The molecule has 4 nitrogen and oxygen atoms in total. The van der Waals surface area contributed by atoms with E-state index in [0.29, 0.717) is 12.5 Å². The number of hydrogen-bond acceptors (Lipinski definition) is 4. The summed E-state index contributed by atoms with van der Waals surface area (Å²) in [5, 5.41) is 0. The van der Waals surface area contributed by atoms with Gasteiger partial charge in [0.1, 0.15) is 5.75 Å². The second-order valence-electron chi connectivity index (χ2n) is 5.41. The zero-order chi connectivity index (χ0) is 14.4. The van der Waals surface area contributed by atoms with E-state index in [0.717, 1.165) is 44.2 Å². The van der Waals surface area contributed by atoms with Crippen LogP contribution in [0.25, 0.3) is 0 Å². The Hall–Kier alpha value is -1.39. The van der Waals surface area contributed by atoms with E-state index in [1.807, 2.05) is 24.3 Å². The molecule has 0 saturated carbocycles. The monoisotopic (exact) mass is 277 g/mol. The lowest BCUT2D eigenvalue weighted by atomic mass is 10.1. The van der Waals surface area contributed by atoms with Gasteiger partial charge in [0.2, 0.25) is 0 Å². The first kappa shape index (κ1) is 15.0. The Morgan fingerprint density at radius 1 is 1.30 bits per heavy atom. The fraction of sp³-hybridized carbons (Fsp3) is 0.562. The lowest BCUT2D eigenvalue weighted by molar-refractivity contribution is 0.0283. The van der Waals surface area contributed by atoms with E-state index in [-0.39, 0.29) is 5.78 Å². The van der Waals surface area contributed by atoms with Gasteiger partial charge >= 0.3 is 0 Å². The standard InChI is InChI=1S/C16H23NO3/c1-13(11-17-7-9-19-10-8-17)12-20-16-5-3-15(4-6-16)14(2)18/h3-6,13H,7-12H2,1-2H3. The van der Waals surface area contributed by atoms with E-state index in [2.05, 4.69) is 11.8 Å². The SMILES string of the molecule is CC(=O)c1ccc(OCC(C)CN2CCOCC2)cc1. The molecule has 1 aliphatic rings. The Bertz CT molecular complexity index is 424. The summed E-state index contributed by atoms with van der Waals surface area (Å²) in [6.07, 6.45) is 0. The Morgan fingerprint density at radius 3 is 2.55 bits per heavy atom. The number of hydrogen-bond donors (Lipinski definition) is 0. The first-order valence-electron chi connectivity index (χ1n) is 7.19. The van der Waals surface area contributed by atoms with Crippen molar-refractivity contribution in [2.45, 2.75) is 13.8 Å². The Morgan fingerprint density at radius 2 is 1.95 bits per heavy atom. The van der Waals surface area contributed by atoms with Crippen LogP contribution in [0.1, 0.15) is 24.2 Å². The molecule has 1 aromatic carbocycles. The van der Waals surface area contributed by atoms with E-state index in [1.165, 1.54) is 0 Å². The van der Waals surface area contributed by atoms with Crippen molar-refractivity contribution in [3.63, 3.8) is 0 Å². The van der Waals surface area contributed by atoms with Crippen LogP contribution in [0, 0.1) is 5.92 Å². The maximum Gasteiger partial charge on any atom is 0.159 e. The third-order valence-corrected chi connectivity index (χ3v) is 3.47. The molecule has 4 heteroatoms. The number of Topliss-reactive ketones (excluding diaryl/α,β-unsaturated/α-hetero) is 1. The molecule has 1 unspecified atom stereocenters. The average molecular weight is 277 g/mol. The zero-order valence-electron chi connectivity index (χ0n) is 12.3. The summed E-state index contributed by atoms with van der Waals surface area (Å²) >= 11 is 0. The third kappa shape index (κ3) is 4.62. The number of ketones is 1. The Labute approximate surface area is 120 Å². The van der Waals surface area contributed by atoms with Crippen LogP contribution in [-0.2, 0) is 4.74 Å². The highest BCUT2D eigenvalue weighted by molar-refractivity contribution is 5.94. The van der Waals surface area contributed by atoms with Crippen molar-refractivity contribution in [3.05, 3.63) is 29.8 Å². The predicted octanol–water partition coefficient (Wildman–Crippen LogP) is 2.24. The molecule has 1 fully saturated rings. The lowest BCUT2D eigenvalue weighted by Crippen LogP contribution is -2.39. The van der Waals surface area contributed by atoms with Gasteiger partial charge in [0.05, 0.1) is 19.8 Å². The molecule has 0 aliphatic carbocycles. The molecule has 110 valence electrons. The number of benzene rings is 1. The largest absolute Gasteiger partial charge is 0.493 e. The van der Waals surface area contributed by atoms with Crippen LogP contribution in [-0.4, -0.2) is 50.1 Å². The fourth-order valence-electron chi connectivity index (χ4n) is 2.30. The van der Waals surface area contributed by atoms with Crippen molar-refractivity contribution in [1.82, 2.24) is 4.90 Å². The number of carbonyl (C=O) groups is 1. The van der Waals surface area contributed by atoms with Gasteiger partial charge in [0, 0.05) is 31.1 Å². The van der Waals surface area contributed by atoms with Crippen LogP contribution >= 0.6 is 0 Å². The third-order valence-electron chi connectivity index (χ3n) is 3.47. The summed E-state index contributed by atoms with van der Waals surface area (Å²) in [6.45, 7) is 9.18. The Balaban J connectivity index is 1.74. The smallest absolute Gasteiger partial charge is 0.159 e. The van der Waals surface area contributed by atoms with Crippen molar-refractivity contribution in [2.75, 3.05) is 39.5 Å². The van der Waals surface area contributed by atoms with Crippen molar-refractivity contribution in [1.29, 1.82) is 0 Å². The lowest BCUT2D eigenvalue weighted by Gasteiger charge is -2.29. The van der Waals surface area contributed by atoms with E-state index in [1.54, 1.807) is 6.92 Å². The second-order valence-corrected chi connectivity index (χ2v) is 5.41. The van der Waals surface area contributed by atoms with E-state index >= 15 is 0 Å². The maximum absolute atomic E-state index is 11.2. The molecule has 0 spiro atoms. The minimum atomic E-state index is 0.0808. The number of morpholine rings is 1. The highest BCUT2D eigenvalue weighted by Crippen LogP contribution is 2.14. The van der Waals surface area contributed by atoms with E-state index < -0.39 is 0 Å². The summed E-state index contributed by atoms with van der Waals surface area (Å²) in [4.78, 5) is 13.6. The number of nitrogens with zero attached hydrogens (tertiary/aromatic N) is 1. The number of rotatable bonds is 6. The summed E-state index contributed by atoms with van der Waals surface area (Å²) in [7, 11) is 0. The molecule has 1 atom stereocenters. The van der Waals surface area contributed by atoms with Gasteiger partial charge < -0.3 is 9.47 Å². The quantitative estimate of drug-likeness (QED) is 0.748. The summed E-state index contributed by atoms with van der Waals surface area (Å²) in [5.41, 5.74) is 0.721. The van der Waals surface area contributed by atoms with Crippen LogP contribution in [0.5, 0.6) is 5.75 Å². The van der Waals surface area contributed by atoms with Crippen LogP contribution in [0.2, 0.25) is 0 Å². The molecular weight excluding hydrogens is 254 g/mol. The molecule has 0 bridgehead atoms. The molecule has 20 heavy (non-hydrogen) atoms. The van der Waals surface area contributed by atoms with Crippen molar-refractivity contribution in [3.8, 4) is 5.75 Å². The molecular formula is C16H23NO3. The normalized spacial score (nSPS) is 17.7. The maximum atomic E-state index is 11.2. The van der Waals surface area contributed by atoms with E-state index in [4.69, 9.17) is 9.47 Å². The molecule has 1 aliphatic heterocycles. The molecule has 1 aromatic rings. The van der Waals surface area contributed by atoms with Crippen LogP contribution in [0.3, 0.4) is 0 Å². The second kappa shape index (κ2) is 7.41. The van der Waals surface area contributed by atoms with Crippen molar-refractivity contribution in [2.24, 2.45) is 5.92 Å². The Kier molecular flexibility index (Phi) is 5.56. The van der Waals surface area contributed by atoms with Gasteiger partial charge in [-0.05, 0) is 31.2 Å². The molecule has 0 radical (unpaired) electrons. The van der Waals surface area contributed by atoms with Crippen LogP contribution in [0.4, 0.5) is 0 Å². The van der Waals surface area contributed by atoms with Gasteiger partial charge in [-0.2, -0.15) is 0 Å². The molecule has 0 N–H and O–H groups in total. The summed E-state index contributed by atoms with van der Waals surface area (Å²) in [6, 6.07) is 7.34. The minimum absolute atomic E-state index is 0.0808. The molecule has 0 amide bonds. The molecule has 1 saturated heterocycles. The van der Waals surface area contributed by atoms with Gasteiger partial charge in [-0.15, -0.1) is 0 Å². The van der Waals surface area contributed by atoms with Gasteiger partial charge in [-0.3, -0.25) is 9.69 Å². The molecule has 1 heterocycles. The van der Waals surface area contributed by atoms with Gasteiger partial charge in [0.25, 0.3) is 0 Å². The van der Waals surface area contributed by atoms with Crippen LogP contribution < -0.4 is 4.74 Å². The highest BCUT2D eigenvalue weighted by Gasteiger charge is 2.14. The molecule has 0 aromatic heterocycles. The number of carbonyl (C=O) groups excluding carboxylic acids is 1. The zero-order valence-corrected chi connectivity index (χ0v) is 12.3. The van der Waals surface area contributed by atoms with Gasteiger partial charge in [0.15, 0.2) is 5.78 Å². The van der Waals surface area contributed by atoms with Gasteiger partial charge in [-0.25, -0.2) is 0 Å². The van der Waals surface area contributed by atoms with Crippen molar-refractivity contribution < 1.29 is 14.3 Å². The predicted molar refractivity (Wildman–Crippen MR) is 78.4 cm³/mol. The first-order valence-corrected chi connectivity index (χ1v) is 7.19. The fourth-order valence-corrected chi connectivity index (χ4v) is 2.30. The number of ether oxygens (including phenoxy) is 2. The minimum Gasteiger partial charge on any atom is -0.493 e.